The van der Waals surface area contributed by atoms with Crippen molar-refractivity contribution in [1.29, 1.82) is 5.26 Å². The number of hydrogen-bond acceptors (Lipinski definition) is 3. The number of rotatable bonds is 0. The Morgan fingerprint density at radius 3 is 2.71 bits per heavy atom. The maximum atomic E-state index is 11.8. The molecule has 0 unspecified atom stereocenters. The Morgan fingerprint density at radius 2 is 2.00 bits per heavy atom. The Hall–Kier alpha value is -1.82. The summed E-state index contributed by atoms with van der Waals surface area (Å²) in [6.45, 7) is 0. The molecule has 17 heavy (non-hydrogen) atoms. The highest BCUT2D eigenvalue weighted by molar-refractivity contribution is 5.94. The molecule has 0 atom stereocenters. The number of ether oxygens (including phenoxy) is 1. The Balaban J connectivity index is 1.97. The van der Waals surface area contributed by atoms with Crippen molar-refractivity contribution in [3.8, 4) is 6.07 Å². The molecule has 0 N–H and O–H groups in total. The average Bonchev–Trinajstić information content (AvgIpc) is 2.65. The molecule has 86 valence electrons. The fraction of sp³-hybridized carbons (Fsp3) is 0.429. The van der Waals surface area contributed by atoms with E-state index in [9.17, 15) is 4.79 Å². The molecule has 1 spiro atoms. The monoisotopic (exact) mass is 227 g/mol. The maximum Gasteiger partial charge on any atom is 0.339 e. The molecule has 3 heteroatoms. The van der Waals surface area contributed by atoms with Crippen molar-refractivity contribution >= 4 is 5.97 Å². The lowest BCUT2D eigenvalue weighted by molar-refractivity contribution is -0.0323. The van der Waals surface area contributed by atoms with Gasteiger partial charge in [0, 0.05) is 11.5 Å². The van der Waals surface area contributed by atoms with E-state index in [0.717, 1.165) is 31.2 Å². The van der Waals surface area contributed by atoms with Crippen LogP contribution in [0.15, 0.2) is 24.3 Å². The topological polar surface area (TPSA) is 50.1 Å². The predicted octanol–water partition coefficient (Wildman–Crippen LogP) is 2.77. The lowest BCUT2D eigenvalue weighted by atomic mass is 9.75. The first-order valence-corrected chi connectivity index (χ1v) is 5.98. The molecule has 0 amide bonds. The molecule has 0 aromatic heterocycles. The second kappa shape index (κ2) is 3.59. The summed E-state index contributed by atoms with van der Waals surface area (Å²) in [6, 6.07) is 9.91. The van der Waals surface area contributed by atoms with Gasteiger partial charge in [-0.05, 0) is 31.7 Å². The third kappa shape index (κ3) is 1.44. The largest absolute Gasteiger partial charge is 0.451 e. The first-order valence-electron chi connectivity index (χ1n) is 5.98. The van der Waals surface area contributed by atoms with E-state index < -0.39 is 5.60 Å². The molecule has 1 aromatic rings. The van der Waals surface area contributed by atoms with Gasteiger partial charge in [-0.1, -0.05) is 18.2 Å². The zero-order valence-corrected chi connectivity index (χ0v) is 9.48. The second-order valence-electron chi connectivity index (χ2n) is 4.83. The highest BCUT2D eigenvalue weighted by Crippen LogP contribution is 2.47. The van der Waals surface area contributed by atoms with Crippen LogP contribution in [0.25, 0.3) is 0 Å². The maximum absolute atomic E-state index is 11.8. The average molecular weight is 227 g/mol. The first kappa shape index (κ1) is 10.3. The lowest BCUT2D eigenvalue weighted by Crippen LogP contribution is -2.31. The van der Waals surface area contributed by atoms with Gasteiger partial charge in [0.05, 0.1) is 11.6 Å². The number of hydrogen-bond donors (Lipinski definition) is 0. The highest BCUT2D eigenvalue weighted by Gasteiger charge is 2.47. The number of nitrogens with zero attached hydrogens (tertiary/aromatic N) is 1. The predicted molar refractivity (Wildman–Crippen MR) is 61.1 cm³/mol. The minimum Gasteiger partial charge on any atom is -0.451 e. The fourth-order valence-corrected chi connectivity index (χ4v) is 2.93. The van der Waals surface area contributed by atoms with Crippen LogP contribution in [-0.2, 0) is 10.3 Å². The summed E-state index contributed by atoms with van der Waals surface area (Å²) in [6.07, 6.45) is 3.18. The van der Waals surface area contributed by atoms with E-state index >= 15 is 0 Å². The van der Waals surface area contributed by atoms with Crippen LogP contribution in [0, 0.1) is 17.2 Å². The Kier molecular flexibility index (Phi) is 2.19. The molecular weight excluding hydrogens is 214 g/mol. The number of benzene rings is 1. The molecule has 1 aliphatic heterocycles. The van der Waals surface area contributed by atoms with Crippen LogP contribution in [0.5, 0.6) is 0 Å². The van der Waals surface area contributed by atoms with Crippen LogP contribution < -0.4 is 0 Å². The number of esters is 1. The van der Waals surface area contributed by atoms with E-state index in [1.54, 1.807) is 0 Å². The lowest BCUT2D eigenvalue weighted by Gasteiger charge is -2.34. The molecule has 0 saturated heterocycles. The van der Waals surface area contributed by atoms with Crippen molar-refractivity contribution in [1.82, 2.24) is 0 Å². The summed E-state index contributed by atoms with van der Waals surface area (Å²) in [5.74, 6) is -0.0944. The molecule has 1 aromatic carbocycles. The summed E-state index contributed by atoms with van der Waals surface area (Å²) < 4.78 is 5.60. The van der Waals surface area contributed by atoms with Crippen molar-refractivity contribution in [2.24, 2.45) is 5.92 Å². The van der Waals surface area contributed by atoms with Crippen molar-refractivity contribution < 1.29 is 9.53 Å². The van der Waals surface area contributed by atoms with Crippen molar-refractivity contribution in [2.75, 3.05) is 0 Å². The van der Waals surface area contributed by atoms with E-state index in [1.807, 2.05) is 24.3 Å². The molecule has 3 rings (SSSR count). The van der Waals surface area contributed by atoms with Gasteiger partial charge in [-0.2, -0.15) is 5.26 Å². The van der Waals surface area contributed by atoms with Gasteiger partial charge in [0.25, 0.3) is 0 Å². The van der Waals surface area contributed by atoms with Gasteiger partial charge in [-0.15, -0.1) is 0 Å². The smallest absolute Gasteiger partial charge is 0.339 e. The number of carbonyl (C=O) groups excluding carboxylic acids is 1. The van der Waals surface area contributed by atoms with Crippen molar-refractivity contribution in [3.63, 3.8) is 0 Å². The van der Waals surface area contributed by atoms with Crippen molar-refractivity contribution in [2.45, 2.75) is 31.3 Å². The Labute approximate surface area is 100 Å². The summed E-state index contributed by atoms with van der Waals surface area (Å²) in [7, 11) is 0. The van der Waals surface area contributed by atoms with E-state index in [-0.39, 0.29) is 11.9 Å². The van der Waals surface area contributed by atoms with E-state index in [2.05, 4.69) is 6.07 Å². The van der Waals surface area contributed by atoms with Gasteiger partial charge < -0.3 is 4.74 Å². The summed E-state index contributed by atoms with van der Waals surface area (Å²) in [5, 5.41) is 8.91. The van der Waals surface area contributed by atoms with Crippen LogP contribution in [0.1, 0.15) is 41.6 Å². The van der Waals surface area contributed by atoms with Crippen LogP contribution >= 0.6 is 0 Å². The summed E-state index contributed by atoms with van der Waals surface area (Å²) in [4.78, 5) is 11.8. The number of carbonyl (C=O) groups is 1. The minimum atomic E-state index is -0.443. The molecule has 1 saturated carbocycles. The second-order valence-corrected chi connectivity index (χ2v) is 4.83. The van der Waals surface area contributed by atoms with E-state index in [4.69, 9.17) is 10.00 Å². The normalized spacial score (nSPS) is 30.8. The van der Waals surface area contributed by atoms with E-state index in [1.165, 1.54) is 0 Å². The molecule has 0 bridgehead atoms. The molecule has 2 aliphatic rings. The molecule has 0 radical (unpaired) electrons. The van der Waals surface area contributed by atoms with Crippen LogP contribution in [0.2, 0.25) is 0 Å². The van der Waals surface area contributed by atoms with E-state index in [0.29, 0.717) is 5.56 Å². The van der Waals surface area contributed by atoms with Gasteiger partial charge in [-0.25, -0.2) is 4.79 Å². The molecule has 1 fully saturated rings. The number of nitriles is 1. The molecule has 1 aliphatic carbocycles. The van der Waals surface area contributed by atoms with Gasteiger partial charge in [0.2, 0.25) is 0 Å². The van der Waals surface area contributed by atoms with Gasteiger partial charge in [0.15, 0.2) is 0 Å². The van der Waals surface area contributed by atoms with Gasteiger partial charge in [-0.3, -0.25) is 0 Å². The molecule has 3 nitrogen and oxygen atoms in total. The van der Waals surface area contributed by atoms with Gasteiger partial charge >= 0.3 is 5.97 Å². The zero-order valence-electron chi connectivity index (χ0n) is 9.48. The summed E-state index contributed by atoms with van der Waals surface area (Å²) in [5.41, 5.74) is 1.27. The van der Waals surface area contributed by atoms with Gasteiger partial charge in [0.1, 0.15) is 5.60 Å². The standard InChI is InChI=1S/C14H13NO2/c15-9-10-5-7-14(8-6-10)12-4-2-1-3-11(12)13(16)17-14/h1-4,10H,5-8H2. The first-order chi connectivity index (χ1) is 8.25. The summed E-state index contributed by atoms with van der Waals surface area (Å²) >= 11 is 0. The molecular formula is C14H13NO2. The van der Waals surface area contributed by atoms with Crippen molar-refractivity contribution in [3.05, 3.63) is 35.4 Å². The Morgan fingerprint density at radius 1 is 1.29 bits per heavy atom. The van der Waals surface area contributed by atoms with Crippen LogP contribution in [-0.4, -0.2) is 5.97 Å². The van der Waals surface area contributed by atoms with Crippen LogP contribution in [0.3, 0.4) is 0 Å². The minimum absolute atomic E-state index is 0.118. The van der Waals surface area contributed by atoms with Crippen LogP contribution in [0.4, 0.5) is 0 Å². The highest BCUT2D eigenvalue weighted by atomic mass is 16.6. The third-order valence-electron chi connectivity index (χ3n) is 3.90. The molecule has 1 heterocycles. The Bertz CT molecular complexity index is 507. The SMILES string of the molecule is N#CC1CCC2(CC1)OC(=O)c1ccccc12. The quantitative estimate of drug-likeness (QED) is 0.640. The zero-order chi connectivity index (χ0) is 11.9. The third-order valence-corrected chi connectivity index (χ3v) is 3.90. The fourth-order valence-electron chi connectivity index (χ4n) is 2.93. The number of fused-ring (bicyclic) bond motifs is 2.